The largest absolute Gasteiger partial charge is 0.393 e. The summed E-state index contributed by atoms with van der Waals surface area (Å²) in [5.41, 5.74) is 1.22. The summed E-state index contributed by atoms with van der Waals surface area (Å²) in [6.07, 6.45) is 5.05. The highest BCUT2D eigenvalue weighted by Gasteiger charge is 2.26. The van der Waals surface area contributed by atoms with Crippen LogP contribution in [0.3, 0.4) is 0 Å². The van der Waals surface area contributed by atoms with Crippen LogP contribution in [-0.4, -0.2) is 39.5 Å². The summed E-state index contributed by atoms with van der Waals surface area (Å²) in [5, 5.41) is 13.9. The van der Waals surface area contributed by atoms with Crippen LogP contribution in [0.1, 0.15) is 25.0 Å². The van der Waals surface area contributed by atoms with E-state index in [4.69, 9.17) is 0 Å². The highest BCUT2D eigenvalue weighted by molar-refractivity contribution is 4.99. The van der Waals surface area contributed by atoms with Gasteiger partial charge in [-0.05, 0) is 31.9 Å². The Morgan fingerprint density at radius 1 is 1.56 bits per heavy atom. The van der Waals surface area contributed by atoms with Crippen molar-refractivity contribution in [1.29, 1.82) is 0 Å². The lowest BCUT2D eigenvalue weighted by Crippen LogP contribution is -2.30. The van der Waals surface area contributed by atoms with E-state index in [9.17, 15) is 5.11 Å². The summed E-state index contributed by atoms with van der Waals surface area (Å²) in [6.45, 7) is 1.88. The van der Waals surface area contributed by atoms with E-state index < -0.39 is 0 Å². The molecule has 1 N–H and O–H groups in total. The van der Waals surface area contributed by atoms with Gasteiger partial charge in [-0.1, -0.05) is 6.42 Å². The average Bonchev–Trinajstić information content (AvgIpc) is 2.79. The number of rotatable bonds is 4. The second-order valence-electron chi connectivity index (χ2n) is 4.90. The molecular formula is C12H21N3O. The van der Waals surface area contributed by atoms with Gasteiger partial charge in [-0.25, -0.2) is 0 Å². The minimum Gasteiger partial charge on any atom is -0.393 e. The molecule has 4 nitrogen and oxygen atoms in total. The van der Waals surface area contributed by atoms with Gasteiger partial charge in [0.15, 0.2) is 0 Å². The van der Waals surface area contributed by atoms with Crippen molar-refractivity contribution < 1.29 is 5.11 Å². The fourth-order valence-electron chi connectivity index (χ4n) is 2.53. The Labute approximate surface area is 96.9 Å². The predicted molar refractivity (Wildman–Crippen MR) is 62.9 cm³/mol. The van der Waals surface area contributed by atoms with E-state index in [1.54, 1.807) is 0 Å². The molecule has 1 aliphatic carbocycles. The zero-order valence-corrected chi connectivity index (χ0v) is 10.1. The van der Waals surface area contributed by atoms with Gasteiger partial charge in [0.1, 0.15) is 0 Å². The first-order chi connectivity index (χ1) is 7.66. The maximum absolute atomic E-state index is 9.77. The molecule has 1 saturated carbocycles. The molecule has 90 valence electrons. The lowest BCUT2D eigenvalue weighted by Gasteiger charge is -2.22. The molecule has 2 atom stereocenters. The first kappa shape index (κ1) is 11.6. The Bertz CT molecular complexity index is 337. The van der Waals surface area contributed by atoms with Crippen LogP contribution in [0.2, 0.25) is 0 Å². The predicted octanol–water partition coefficient (Wildman–Crippen LogP) is 1.01. The fraction of sp³-hybridized carbons (Fsp3) is 0.750. The van der Waals surface area contributed by atoms with Crippen molar-refractivity contribution >= 4 is 0 Å². The molecule has 0 saturated heterocycles. The second kappa shape index (κ2) is 4.97. The summed E-state index contributed by atoms with van der Waals surface area (Å²) < 4.78 is 1.90. The fourth-order valence-corrected chi connectivity index (χ4v) is 2.53. The molecule has 1 fully saturated rings. The van der Waals surface area contributed by atoms with Gasteiger partial charge in [-0.15, -0.1) is 0 Å². The molecule has 0 amide bonds. The first-order valence-electron chi connectivity index (χ1n) is 6.00. The zero-order chi connectivity index (χ0) is 11.5. The van der Waals surface area contributed by atoms with Gasteiger partial charge in [0.2, 0.25) is 0 Å². The number of hydrogen-bond donors (Lipinski definition) is 1. The first-order valence-corrected chi connectivity index (χ1v) is 6.00. The van der Waals surface area contributed by atoms with Gasteiger partial charge < -0.3 is 10.0 Å². The van der Waals surface area contributed by atoms with Crippen LogP contribution in [0.15, 0.2) is 12.3 Å². The lowest BCUT2D eigenvalue weighted by atomic mass is 10.1. The van der Waals surface area contributed by atoms with Gasteiger partial charge in [0.25, 0.3) is 0 Å². The Balaban J connectivity index is 1.84. The van der Waals surface area contributed by atoms with Gasteiger partial charge in [-0.2, -0.15) is 5.10 Å². The summed E-state index contributed by atoms with van der Waals surface area (Å²) in [5.74, 6) is 0.457. The summed E-state index contributed by atoms with van der Waals surface area (Å²) in [6, 6.07) is 2.04. The highest BCUT2D eigenvalue weighted by atomic mass is 16.3. The third kappa shape index (κ3) is 2.62. The van der Waals surface area contributed by atoms with E-state index in [-0.39, 0.29) is 6.10 Å². The minimum atomic E-state index is -0.0889. The van der Waals surface area contributed by atoms with Crippen molar-refractivity contribution in [2.24, 2.45) is 13.0 Å². The molecule has 0 bridgehead atoms. The van der Waals surface area contributed by atoms with E-state index in [2.05, 4.69) is 17.0 Å². The molecule has 2 rings (SSSR count). The van der Waals surface area contributed by atoms with Gasteiger partial charge in [0.05, 0.1) is 11.8 Å². The minimum absolute atomic E-state index is 0.0889. The van der Waals surface area contributed by atoms with E-state index in [0.717, 1.165) is 25.9 Å². The molecule has 1 aliphatic rings. The highest BCUT2D eigenvalue weighted by Crippen LogP contribution is 2.26. The summed E-state index contributed by atoms with van der Waals surface area (Å²) in [7, 11) is 4.08. The molecule has 0 aromatic carbocycles. The second-order valence-corrected chi connectivity index (χ2v) is 4.90. The number of aromatic nitrogens is 2. The third-order valence-electron chi connectivity index (χ3n) is 3.52. The molecule has 1 aromatic heterocycles. The smallest absolute Gasteiger partial charge is 0.0580 e. The average molecular weight is 223 g/mol. The third-order valence-corrected chi connectivity index (χ3v) is 3.52. The molecule has 16 heavy (non-hydrogen) atoms. The van der Waals surface area contributed by atoms with Crippen molar-refractivity contribution in [3.63, 3.8) is 0 Å². The Kier molecular flexibility index (Phi) is 3.61. The zero-order valence-electron chi connectivity index (χ0n) is 10.1. The van der Waals surface area contributed by atoms with Crippen molar-refractivity contribution in [3.8, 4) is 0 Å². The summed E-state index contributed by atoms with van der Waals surface area (Å²) >= 11 is 0. The van der Waals surface area contributed by atoms with Gasteiger partial charge in [0, 0.05) is 26.3 Å². The topological polar surface area (TPSA) is 41.3 Å². The molecule has 1 aromatic rings. The van der Waals surface area contributed by atoms with Crippen LogP contribution in [0.4, 0.5) is 0 Å². The van der Waals surface area contributed by atoms with Crippen molar-refractivity contribution in [3.05, 3.63) is 18.0 Å². The molecule has 1 heterocycles. The van der Waals surface area contributed by atoms with Crippen LogP contribution in [0.5, 0.6) is 0 Å². The Hall–Kier alpha value is -0.870. The Morgan fingerprint density at radius 3 is 2.94 bits per heavy atom. The van der Waals surface area contributed by atoms with Crippen LogP contribution in [0.25, 0.3) is 0 Å². The molecule has 0 aliphatic heterocycles. The number of aliphatic hydroxyl groups is 1. The quantitative estimate of drug-likeness (QED) is 0.828. The van der Waals surface area contributed by atoms with Crippen molar-refractivity contribution in [2.75, 3.05) is 13.6 Å². The van der Waals surface area contributed by atoms with Crippen LogP contribution in [0, 0.1) is 5.92 Å². The lowest BCUT2D eigenvalue weighted by molar-refractivity contribution is 0.107. The number of nitrogens with zero attached hydrogens (tertiary/aromatic N) is 3. The van der Waals surface area contributed by atoms with Crippen LogP contribution in [-0.2, 0) is 13.6 Å². The molecule has 4 heteroatoms. The number of aliphatic hydroxyl groups excluding tert-OH is 1. The van der Waals surface area contributed by atoms with Gasteiger partial charge in [-0.3, -0.25) is 4.68 Å². The molecule has 0 spiro atoms. The van der Waals surface area contributed by atoms with E-state index in [0.29, 0.717) is 5.92 Å². The van der Waals surface area contributed by atoms with E-state index in [1.807, 2.05) is 24.0 Å². The molecule has 0 radical (unpaired) electrons. The van der Waals surface area contributed by atoms with Gasteiger partial charge >= 0.3 is 0 Å². The Morgan fingerprint density at radius 2 is 2.38 bits per heavy atom. The maximum Gasteiger partial charge on any atom is 0.0580 e. The van der Waals surface area contributed by atoms with Crippen LogP contribution >= 0.6 is 0 Å². The maximum atomic E-state index is 9.77. The van der Waals surface area contributed by atoms with E-state index >= 15 is 0 Å². The number of hydrogen-bond acceptors (Lipinski definition) is 3. The monoisotopic (exact) mass is 223 g/mol. The van der Waals surface area contributed by atoms with E-state index in [1.165, 1.54) is 12.1 Å². The summed E-state index contributed by atoms with van der Waals surface area (Å²) in [4.78, 5) is 2.27. The SMILES string of the molecule is CN(Cc1ccnn1C)CC1CCCC1O. The number of aryl methyl sites for hydroxylation is 1. The van der Waals surface area contributed by atoms with Crippen molar-refractivity contribution in [2.45, 2.75) is 31.9 Å². The normalized spacial score (nSPS) is 25.5. The molecule has 2 unspecified atom stereocenters. The van der Waals surface area contributed by atoms with Crippen molar-refractivity contribution in [1.82, 2.24) is 14.7 Å². The standard InChI is InChI=1S/C12H21N3O/c1-14(8-10-4-3-5-12(10)16)9-11-6-7-13-15(11)2/h6-7,10,12,16H,3-5,8-9H2,1-2H3. The molecular weight excluding hydrogens is 202 g/mol. The van der Waals surface area contributed by atoms with Crippen LogP contribution < -0.4 is 0 Å².